The molecule has 1 aliphatic rings. The Kier molecular flexibility index (Phi) is 3.98. The molecule has 6 nitrogen and oxygen atoms in total. The van der Waals surface area contributed by atoms with Crippen molar-refractivity contribution >= 4 is 11.0 Å². The molecule has 0 bridgehead atoms. The third-order valence-electron chi connectivity index (χ3n) is 3.68. The summed E-state index contributed by atoms with van der Waals surface area (Å²) in [6.45, 7) is 2.87. The van der Waals surface area contributed by atoms with Crippen molar-refractivity contribution in [1.29, 1.82) is 0 Å². The number of fused-ring (bicyclic) bond motifs is 2. The summed E-state index contributed by atoms with van der Waals surface area (Å²) >= 11 is 0. The number of imidazole rings is 1. The smallest absolute Gasteiger partial charge is 0.231 e. The van der Waals surface area contributed by atoms with E-state index in [2.05, 4.69) is 23.6 Å². The van der Waals surface area contributed by atoms with Crippen LogP contribution in [0.25, 0.3) is 11.0 Å². The molecule has 1 aliphatic heterocycles. The van der Waals surface area contributed by atoms with Gasteiger partial charge in [-0.1, -0.05) is 0 Å². The van der Waals surface area contributed by atoms with Crippen molar-refractivity contribution in [3.05, 3.63) is 18.0 Å². The molecule has 2 aromatic rings. The summed E-state index contributed by atoms with van der Waals surface area (Å²) in [6, 6.07) is 3.99. The molecule has 0 fully saturated rings. The molecule has 6 heteroatoms. The number of aryl methyl sites for hydroxylation is 1. The van der Waals surface area contributed by atoms with Gasteiger partial charge in [-0.25, -0.2) is 4.98 Å². The van der Waals surface area contributed by atoms with Crippen LogP contribution in [0.2, 0.25) is 0 Å². The van der Waals surface area contributed by atoms with Gasteiger partial charge in [0.05, 0.1) is 11.0 Å². The van der Waals surface area contributed by atoms with Crippen LogP contribution in [-0.4, -0.2) is 48.4 Å². The molecule has 1 aromatic heterocycles. The van der Waals surface area contributed by atoms with E-state index in [1.807, 2.05) is 12.1 Å². The van der Waals surface area contributed by atoms with Gasteiger partial charge in [-0.05, 0) is 33.6 Å². The Labute approximate surface area is 124 Å². The van der Waals surface area contributed by atoms with Crippen molar-refractivity contribution in [2.45, 2.75) is 19.4 Å². The van der Waals surface area contributed by atoms with Crippen molar-refractivity contribution < 1.29 is 9.47 Å². The lowest BCUT2D eigenvalue weighted by atomic mass is 10.2. The molecular weight excluding hydrogens is 268 g/mol. The van der Waals surface area contributed by atoms with Crippen LogP contribution in [0, 0.1) is 0 Å². The highest BCUT2D eigenvalue weighted by Crippen LogP contribution is 2.36. The Balaban J connectivity index is 1.95. The molecule has 2 heterocycles. The van der Waals surface area contributed by atoms with Crippen LogP contribution in [0.3, 0.4) is 0 Å². The van der Waals surface area contributed by atoms with E-state index >= 15 is 0 Å². The van der Waals surface area contributed by atoms with E-state index in [1.54, 1.807) is 0 Å². The predicted octanol–water partition coefficient (Wildman–Crippen LogP) is 1.22. The normalized spacial score (nSPS) is 13.5. The topological polar surface area (TPSA) is 65.5 Å². The maximum Gasteiger partial charge on any atom is 0.231 e. The second-order valence-corrected chi connectivity index (χ2v) is 5.57. The summed E-state index contributed by atoms with van der Waals surface area (Å²) in [5.41, 5.74) is 7.76. The summed E-state index contributed by atoms with van der Waals surface area (Å²) in [7, 11) is 4.18. The van der Waals surface area contributed by atoms with Crippen LogP contribution < -0.4 is 15.2 Å². The first kappa shape index (κ1) is 14.2. The molecule has 3 rings (SSSR count). The van der Waals surface area contributed by atoms with Crippen LogP contribution in [0.4, 0.5) is 0 Å². The molecule has 0 saturated carbocycles. The Morgan fingerprint density at radius 1 is 1.29 bits per heavy atom. The lowest BCUT2D eigenvalue weighted by Crippen LogP contribution is -2.16. The molecule has 0 spiro atoms. The zero-order valence-corrected chi connectivity index (χ0v) is 12.6. The first-order valence-corrected chi connectivity index (χ1v) is 7.32. The first-order valence-electron chi connectivity index (χ1n) is 7.32. The van der Waals surface area contributed by atoms with E-state index in [9.17, 15) is 0 Å². The molecule has 0 saturated heterocycles. The third kappa shape index (κ3) is 2.82. The highest BCUT2D eigenvalue weighted by Gasteiger charge is 2.18. The van der Waals surface area contributed by atoms with E-state index in [1.165, 1.54) is 0 Å². The minimum Gasteiger partial charge on any atom is -0.454 e. The second kappa shape index (κ2) is 5.91. The average Bonchev–Trinajstić information content (AvgIpc) is 3.01. The van der Waals surface area contributed by atoms with Gasteiger partial charge in [0, 0.05) is 25.1 Å². The van der Waals surface area contributed by atoms with Gasteiger partial charge >= 0.3 is 0 Å². The SMILES string of the molecule is CN(C)CCCn1c(CCN)nc2cc3c(cc21)OCO3. The number of aromatic nitrogens is 2. The summed E-state index contributed by atoms with van der Waals surface area (Å²) in [4.78, 5) is 6.90. The lowest BCUT2D eigenvalue weighted by molar-refractivity contribution is 0.174. The van der Waals surface area contributed by atoms with Gasteiger partial charge < -0.3 is 24.7 Å². The second-order valence-electron chi connectivity index (χ2n) is 5.57. The van der Waals surface area contributed by atoms with Gasteiger partial charge in [0.25, 0.3) is 0 Å². The number of nitrogens with zero attached hydrogens (tertiary/aromatic N) is 3. The minimum absolute atomic E-state index is 0.290. The Bertz CT molecular complexity index is 636. The standard InChI is InChI=1S/C15H22N4O2/c1-18(2)6-3-7-19-12-9-14-13(20-10-21-14)8-11(12)17-15(19)4-5-16/h8-9H,3-7,10,16H2,1-2H3. The van der Waals surface area contributed by atoms with Crippen molar-refractivity contribution in [1.82, 2.24) is 14.5 Å². The summed E-state index contributed by atoms with van der Waals surface area (Å²) in [5.74, 6) is 2.62. The molecule has 21 heavy (non-hydrogen) atoms. The third-order valence-corrected chi connectivity index (χ3v) is 3.68. The number of rotatable bonds is 6. The average molecular weight is 290 g/mol. The van der Waals surface area contributed by atoms with Crippen LogP contribution in [0.15, 0.2) is 12.1 Å². The van der Waals surface area contributed by atoms with E-state index in [-0.39, 0.29) is 6.79 Å². The van der Waals surface area contributed by atoms with Gasteiger partial charge in [-0.2, -0.15) is 0 Å². The van der Waals surface area contributed by atoms with Crippen molar-refractivity contribution in [3.63, 3.8) is 0 Å². The molecule has 0 amide bonds. The van der Waals surface area contributed by atoms with Gasteiger partial charge in [0.1, 0.15) is 5.82 Å². The largest absolute Gasteiger partial charge is 0.454 e. The first-order chi connectivity index (χ1) is 10.2. The number of ether oxygens (including phenoxy) is 2. The van der Waals surface area contributed by atoms with E-state index in [4.69, 9.17) is 20.2 Å². The summed E-state index contributed by atoms with van der Waals surface area (Å²) < 4.78 is 13.2. The van der Waals surface area contributed by atoms with Gasteiger partial charge in [-0.15, -0.1) is 0 Å². The van der Waals surface area contributed by atoms with Gasteiger partial charge in [0.2, 0.25) is 6.79 Å². The number of hydrogen-bond donors (Lipinski definition) is 1. The van der Waals surface area contributed by atoms with Crippen LogP contribution in [-0.2, 0) is 13.0 Å². The number of nitrogens with two attached hydrogens (primary N) is 1. The van der Waals surface area contributed by atoms with Crippen molar-refractivity contribution in [3.8, 4) is 11.5 Å². The Hall–Kier alpha value is -1.79. The molecule has 0 radical (unpaired) electrons. The molecule has 1 aromatic carbocycles. The Morgan fingerprint density at radius 3 is 2.76 bits per heavy atom. The maximum atomic E-state index is 5.71. The van der Waals surface area contributed by atoms with E-state index < -0.39 is 0 Å². The van der Waals surface area contributed by atoms with Gasteiger partial charge in [0.15, 0.2) is 11.5 Å². The quantitative estimate of drug-likeness (QED) is 0.866. The van der Waals surface area contributed by atoms with Crippen LogP contribution in [0.1, 0.15) is 12.2 Å². The van der Waals surface area contributed by atoms with Crippen LogP contribution in [0.5, 0.6) is 11.5 Å². The number of benzene rings is 1. The summed E-state index contributed by atoms with van der Waals surface area (Å²) in [5, 5.41) is 0. The monoisotopic (exact) mass is 290 g/mol. The molecule has 114 valence electrons. The minimum atomic E-state index is 0.290. The Morgan fingerprint density at radius 2 is 2.05 bits per heavy atom. The molecule has 0 aliphatic carbocycles. The molecular formula is C15H22N4O2. The predicted molar refractivity (Wildman–Crippen MR) is 81.8 cm³/mol. The highest BCUT2D eigenvalue weighted by molar-refractivity contribution is 5.81. The zero-order valence-electron chi connectivity index (χ0n) is 12.6. The fraction of sp³-hybridized carbons (Fsp3) is 0.533. The summed E-state index contributed by atoms with van der Waals surface area (Å²) in [6.07, 6.45) is 1.85. The fourth-order valence-corrected chi connectivity index (χ4v) is 2.68. The van der Waals surface area contributed by atoms with Crippen LogP contribution >= 0.6 is 0 Å². The van der Waals surface area contributed by atoms with Crippen molar-refractivity contribution in [2.24, 2.45) is 5.73 Å². The maximum absolute atomic E-state index is 5.71. The zero-order chi connectivity index (χ0) is 14.8. The molecule has 0 atom stereocenters. The van der Waals surface area contributed by atoms with E-state index in [0.717, 1.165) is 54.3 Å². The lowest BCUT2D eigenvalue weighted by Gasteiger charge is -2.12. The highest BCUT2D eigenvalue weighted by atomic mass is 16.7. The molecule has 0 unspecified atom stereocenters. The van der Waals surface area contributed by atoms with E-state index in [0.29, 0.717) is 6.54 Å². The van der Waals surface area contributed by atoms with Gasteiger partial charge in [-0.3, -0.25) is 0 Å². The van der Waals surface area contributed by atoms with Crippen molar-refractivity contribution in [2.75, 3.05) is 34.0 Å². The molecule has 2 N–H and O–H groups in total. The number of hydrogen-bond acceptors (Lipinski definition) is 5. The fourth-order valence-electron chi connectivity index (χ4n) is 2.68.